The second kappa shape index (κ2) is 7.14. The molecule has 0 saturated heterocycles. The van der Waals surface area contributed by atoms with Crippen LogP contribution < -0.4 is 5.01 Å². The Morgan fingerprint density at radius 3 is 2.48 bits per heavy atom. The van der Waals surface area contributed by atoms with Gasteiger partial charge in [0.25, 0.3) is 15.8 Å². The van der Waals surface area contributed by atoms with Crippen LogP contribution in [0.4, 0.5) is 11.4 Å². The van der Waals surface area contributed by atoms with Crippen molar-refractivity contribution in [2.45, 2.75) is 18.1 Å². The number of hydrogen-bond donors (Lipinski definition) is 1. The highest BCUT2D eigenvalue weighted by Gasteiger charge is 2.20. The Bertz CT molecular complexity index is 612. The molecule has 0 heterocycles. The maximum atomic E-state index is 11.1. The van der Waals surface area contributed by atoms with E-state index in [0.29, 0.717) is 12.1 Å². The number of benzene rings is 1. The number of anilines is 1. The Kier molecular flexibility index (Phi) is 5.79. The van der Waals surface area contributed by atoms with Crippen molar-refractivity contribution in [2.75, 3.05) is 12.1 Å². The summed E-state index contributed by atoms with van der Waals surface area (Å²) in [5.41, 5.74) is 0.490. The van der Waals surface area contributed by atoms with E-state index < -0.39 is 20.3 Å². The molecule has 0 spiro atoms. The van der Waals surface area contributed by atoms with Crippen LogP contribution in [-0.2, 0) is 10.1 Å². The smallest absolute Gasteiger partial charge is 0.273 e. The predicted octanol–water partition coefficient (Wildman–Crippen LogP) is 1.89. The van der Waals surface area contributed by atoms with Gasteiger partial charge in [-0.25, -0.2) is 0 Å². The second-order valence-electron chi connectivity index (χ2n) is 4.26. The standard InChI is InChI=1S/C12H16N3O5S/c1-3-4-12(21(18,19)20)9-13-14(2)10-5-7-11(8-6-10)15(16)17/h5-9,12H,1,3-4H2,2H3,(H,18,19,20). The SMILES string of the molecule is [CH2]CCC(C=NN(C)c1ccc([N+](=O)[O-])cc1)S(=O)(=O)O. The maximum Gasteiger partial charge on any atom is 0.273 e. The van der Waals surface area contributed by atoms with Crippen molar-refractivity contribution >= 4 is 27.7 Å². The van der Waals surface area contributed by atoms with Gasteiger partial charge in [0.15, 0.2) is 0 Å². The third-order valence-corrected chi connectivity index (χ3v) is 3.83. The molecule has 1 aromatic carbocycles. The van der Waals surface area contributed by atoms with Crippen LogP contribution in [0, 0.1) is 17.0 Å². The fraction of sp³-hybridized carbons (Fsp3) is 0.333. The normalized spacial score (nSPS) is 13.3. The Hall–Kier alpha value is -2.00. The zero-order chi connectivity index (χ0) is 16.0. The van der Waals surface area contributed by atoms with Crippen LogP contribution in [0.1, 0.15) is 12.8 Å². The lowest BCUT2D eigenvalue weighted by atomic mass is 10.2. The van der Waals surface area contributed by atoms with E-state index >= 15 is 0 Å². The third kappa shape index (κ3) is 5.12. The molecule has 1 aromatic rings. The van der Waals surface area contributed by atoms with Crippen LogP contribution in [0.25, 0.3) is 0 Å². The highest BCUT2D eigenvalue weighted by molar-refractivity contribution is 7.87. The number of nitro groups is 1. The molecule has 115 valence electrons. The summed E-state index contributed by atoms with van der Waals surface area (Å²) in [6.07, 6.45) is 1.59. The fourth-order valence-corrected chi connectivity index (χ4v) is 2.21. The van der Waals surface area contributed by atoms with E-state index in [4.69, 9.17) is 4.55 Å². The highest BCUT2D eigenvalue weighted by atomic mass is 32.2. The highest BCUT2D eigenvalue weighted by Crippen LogP contribution is 2.18. The summed E-state index contributed by atoms with van der Waals surface area (Å²) in [6, 6.07) is 5.60. The molecule has 8 nitrogen and oxygen atoms in total. The number of hydrazone groups is 1. The van der Waals surface area contributed by atoms with Crippen molar-refractivity contribution < 1.29 is 17.9 Å². The molecular weight excluding hydrogens is 298 g/mol. The van der Waals surface area contributed by atoms with Crippen LogP contribution in [0.5, 0.6) is 0 Å². The lowest BCUT2D eigenvalue weighted by Crippen LogP contribution is -2.23. The van der Waals surface area contributed by atoms with Gasteiger partial charge in [0, 0.05) is 25.4 Å². The molecule has 21 heavy (non-hydrogen) atoms. The van der Waals surface area contributed by atoms with Crippen molar-refractivity contribution in [1.29, 1.82) is 0 Å². The summed E-state index contributed by atoms with van der Waals surface area (Å²) < 4.78 is 31.3. The van der Waals surface area contributed by atoms with Gasteiger partial charge in [-0.05, 0) is 18.6 Å². The lowest BCUT2D eigenvalue weighted by Gasteiger charge is -2.14. The molecule has 0 aromatic heterocycles. The molecule has 1 atom stereocenters. The molecule has 0 aliphatic heterocycles. The van der Waals surface area contributed by atoms with Crippen molar-refractivity contribution in [1.82, 2.24) is 0 Å². The number of nitrogens with zero attached hydrogens (tertiary/aromatic N) is 3. The molecular formula is C12H16N3O5S. The van der Waals surface area contributed by atoms with Gasteiger partial charge in [-0.2, -0.15) is 13.5 Å². The van der Waals surface area contributed by atoms with E-state index in [2.05, 4.69) is 12.0 Å². The van der Waals surface area contributed by atoms with Crippen molar-refractivity contribution in [3.63, 3.8) is 0 Å². The largest absolute Gasteiger partial charge is 0.285 e. The maximum absolute atomic E-state index is 11.1. The number of nitro benzene ring substituents is 1. The van der Waals surface area contributed by atoms with Crippen molar-refractivity contribution in [3.05, 3.63) is 41.3 Å². The summed E-state index contributed by atoms with van der Waals surface area (Å²) in [5, 5.41) is 14.7. The van der Waals surface area contributed by atoms with E-state index in [0.717, 1.165) is 6.21 Å². The Morgan fingerprint density at radius 1 is 1.48 bits per heavy atom. The van der Waals surface area contributed by atoms with Gasteiger partial charge in [-0.3, -0.25) is 19.7 Å². The van der Waals surface area contributed by atoms with Gasteiger partial charge in [0.1, 0.15) is 5.25 Å². The van der Waals surface area contributed by atoms with Crippen molar-refractivity contribution in [2.24, 2.45) is 5.10 Å². The summed E-state index contributed by atoms with van der Waals surface area (Å²) in [5.74, 6) is 0. The lowest BCUT2D eigenvalue weighted by molar-refractivity contribution is -0.384. The zero-order valence-electron chi connectivity index (χ0n) is 11.4. The van der Waals surface area contributed by atoms with Crippen LogP contribution in [0.15, 0.2) is 29.4 Å². The summed E-state index contributed by atoms with van der Waals surface area (Å²) in [6.45, 7) is 3.54. The fourth-order valence-electron chi connectivity index (χ4n) is 1.53. The van der Waals surface area contributed by atoms with Crippen LogP contribution in [-0.4, -0.2) is 36.4 Å². The Balaban J connectivity index is 2.85. The molecule has 0 aliphatic rings. The summed E-state index contributed by atoms with van der Waals surface area (Å²) in [7, 11) is -2.67. The van der Waals surface area contributed by atoms with E-state index in [9.17, 15) is 18.5 Å². The minimum Gasteiger partial charge on any atom is -0.285 e. The van der Waals surface area contributed by atoms with Gasteiger partial charge in [-0.1, -0.05) is 13.3 Å². The first-order valence-electron chi connectivity index (χ1n) is 6.03. The number of non-ortho nitro benzene ring substituents is 1. The van der Waals surface area contributed by atoms with Gasteiger partial charge in [0.05, 0.1) is 10.6 Å². The van der Waals surface area contributed by atoms with E-state index in [1.54, 1.807) is 7.05 Å². The monoisotopic (exact) mass is 314 g/mol. The molecule has 9 heteroatoms. The first kappa shape index (κ1) is 17.1. The van der Waals surface area contributed by atoms with Crippen molar-refractivity contribution in [3.8, 4) is 0 Å². The quantitative estimate of drug-likeness (QED) is 0.356. The van der Waals surface area contributed by atoms with Gasteiger partial charge < -0.3 is 0 Å². The third-order valence-electron chi connectivity index (χ3n) is 2.71. The molecule has 0 bridgehead atoms. The molecule has 0 aliphatic carbocycles. The first-order chi connectivity index (χ1) is 9.75. The molecule has 0 saturated carbocycles. The molecule has 1 unspecified atom stereocenters. The first-order valence-corrected chi connectivity index (χ1v) is 7.54. The topological polar surface area (TPSA) is 113 Å². The minimum absolute atomic E-state index is 0.0519. The summed E-state index contributed by atoms with van der Waals surface area (Å²) in [4.78, 5) is 10.0. The molecule has 1 radical (unpaired) electrons. The van der Waals surface area contributed by atoms with Gasteiger partial charge in [-0.15, -0.1) is 0 Å². The van der Waals surface area contributed by atoms with Crippen LogP contribution in [0.3, 0.4) is 0 Å². The predicted molar refractivity (Wildman–Crippen MR) is 79.9 cm³/mol. The van der Waals surface area contributed by atoms with Gasteiger partial charge >= 0.3 is 0 Å². The average molecular weight is 314 g/mol. The second-order valence-corrected chi connectivity index (χ2v) is 5.89. The van der Waals surface area contributed by atoms with E-state index in [1.807, 2.05) is 0 Å². The molecule has 0 amide bonds. The van der Waals surface area contributed by atoms with Crippen LogP contribution >= 0.6 is 0 Å². The summed E-state index contributed by atoms with van der Waals surface area (Å²) >= 11 is 0. The molecule has 1 N–H and O–H groups in total. The molecule has 0 fully saturated rings. The van der Waals surface area contributed by atoms with Gasteiger partial charge in [0.2, 0.25) is 0 Å². The Labute approximate surface area is 123 Å². The number of hydrogen-bond acceptors (Lipinski definition) is 6. The zero-order valence-corrected chi connectivity index (χ0v) is 12.2. The van der Waals surface area contributed by atoms with E-state index in [-0.39, 0.29) is 12.1 Å². The Morgan fingerprint density at radius 2 is 2.05 bits per heavy atom. The number of rotatable bonds is 7. The average Bonchev–Trinajstić information content (AvgIpc) is 2.42. The molecule has 1 rings (SSSR count). The minimum atomic E-state index is -4.23. The van der Waals surface area contributed by atoms with Crippen LogP contribution in [0.2, 0.25) is 0 Å². The van der Waals surface area contributed by atoms with E-state index in [1.165, 1.54) is 29.3 Å².